The van der Waals surface area contributed by atoms with Crippen molar-refractivity contribution in [2.75, 3.05) is 5.32 Å². The van der Waals surface area contributed by atoms with Crippen LogP contribution in [0.15, 0.2) is 41.8 Å². The summed E-state index contributed by atoms with van der Waals surface area (Å²) in [5.41, 5.74) is 2.01. The molecule has 6 heteroatoms. The Morgan fingerprint density at radius 1 is 1.30 bits per heavy atom. The molecule has 20 heavy (non-hydrogen) atoms. The molecule has 0 bridgehead atoms. The average Bonchev–Trinajstić information content (AvgIpc) is 3.17. The lowest BCUT2D eigenvalue weighted by Crippen LogP contribution is -2.07. The minimum absolute atomic E-state index is 0.329. The van der Waals surface area contributed by atoms with Crippen LogP contribution >= 0.6 is 11.3 Å². The average molecular weight is 285 g/mol. The van der Waals surface area contributed by atoms with Gasteiger partial charge in [-0.15, -0.1) is 21.5 Å². The Kier molecular flexibility index (Phi) is 3.73. The number of nitrogens with zero attached hydrogens (tertiary/aromatic N) is 3. The second-order valence-electron chi connectivity index (χ2n) is 4.44. The van der Waals surface area contributed by atoms with Gasteiger partial charge in [-0.05, 0) is 35.2 Å². The van der Waals surface area contributed by atoms with Crippen LogP contribution in [0.25, 0.3) is 11.4 Å². The number of hydrogen-bond donors (Lipinski definition) is 2. The van der Waals surface area contributed by atoms with Gasteiger partial charge in [0.1, 0.15) is 0 Å². The van der Waals surface area contributed by atoms with Gasteiger partial charge in [0, 0.05) is 16.1 Å². The lowest BCUT2D eigenvalue weighted by atomic mass is 10.1. The molecule has 0 aliphatic carbocycles. The number of H-pyrrole nitrogens is 1. The molecule has 0 aliphatic heterocycles. The van der Waals surface area contributed by atoms with E-state index in [1.807, 2.05) is 18.2 Å². The molecule has 0 saturated carbocycles. The molecule has 1 atom stereocenters. The van der Waals surface area contributed by atoms with Crippen LogP contribution in [0.3, 0.4) is 0 Å². The van der Waals surface area contributed by atoms with Crippen molar-refractivity contribution in [2.45, 2.75) is 19.4 Å². The molecule has 2 aromatic heterocycles. The summed E-state index contributed by atoms with van der Waals surface area (Å²) in [6.45, 7) is 2.18. The number of thiophene rings is 1. The standard InChI is InChI=1S/C14H15N5S/c1-2-12(13-7-4-8-20-13)15-11-6-3-5-10(9-11)14-16-18-19-17-14/h3-9,12,15H,2H2,1H3,(H,16,17,18,19). The number of aromatic nitrogens is 4. The van der Waals surface area contributed by atoms with E-state index in [0.29, 0.717) is 11.9 Å². The summed E-state index contributed by atoms with van der Waals surface area (Å²) in [6, 6.07) is 12.6. The van der Waals surface area contributed by atoms with Crippen molar-refractivity contribution in [3.05, 3.63) is 46.7 Å². The lowest BCUT2D eigenvalue weighted by molar-refractivity contribution is 0.764. The zero-order valence-corrected chi connectivity index (χ0v) is 11.9. The molecule has 102 valence electrons. The molecule has 0 amide bonds. The number of benzene rings is 1. The maximum absolute atomic E-state index is 4.00. The Hall–Kier alpha value is -2.21. The van der Waals surface area contributed by atoms with Gasteiger partial charge in [0.05, 0.1) is 6.04 Å². The monoisotopic (exact) mass is 285 g/mol. The number of rotatable bonds is 5. The number of nitrogens with one attached hydrogen (secondary N) is 2. The summed E-state index contributed by atoms with van der Waals surface area (Å²) < 4.78 is 0. The normalized spacial score (nSPS) is 12.2. The highest BCUT2D eigenvalue weighted by Gasteiger charge is 2.11. The number of aromatic amines is 1. The molecule has 1 unspecified atom stereocenters. The first-order chi connectivity index (χ1) is 9.86. The summed E-state index contributed by atoms with van der Waals surface area (Å²) in [5.74, 6) is 0.609. The molecule has 5 nitrogen and oxygen atoms in total. The summed E-state index contributed by atoms with van der Waals surface area (Å²) >= 11 is 1.77. The summed E-state index contributed by atoms with van der Waals surface area (Å²) in [7, 11) is 0. The summed E-state index contributed by atoms with van der Waals surface area (Å²) in [6.07, 6.45) is 1.03. The van der Waals surface area contributed by atoms with Gasteiger partial charge in [0.25, 0.3) is 0 Å². The molecule has 3 aromatic rings. The van der Waals surface area contributed by atoms with Gasteiger partial charge >= 0.3 is 0 Å². The smallest absolute Gasteiger partial charge is 0.204 e. The van der Waals surface area contributed by atoms with Gasteiger partial charge in [-0.2, -0.15) is 5.21 Å². The van der Waals surface area contributed by atoms with Crippen molar-refractivity contribution >= 4 is 17.0 Å². The maximum Gasteiger partial charge on any atom is 0.204 e. The lowest BCUT2D eigenvalue weighted by Gasteiger charge is -2.17. The van der Waals surface area contributed by atoms with Crippen molar-refractivity contribution < 1.29 is 0 Å². The van der Waals surface area contributed by atoms with Gasteiger partial charge < -0.3 is 5.32 Å². The number of hydrogen-bond acceptors (Lipinski definition) is 5. The van der Waals surface area contributed by atoms with Crippen LogP contribution in [-0.2, 0) is 0 Å². The van der Waals surface area contributed by atoms with Crippen molar-refractivity contribution in [1.82, 2.24) is 20.6 Å². The van der Waals surface area contributed by atoms with Gasteiger partial charge in [-0.25, -0.2) is 0 Å². The first kappa shape index (κ1) is 12.8. The topological polar surface area (TPSA) is 66.5 Å². The van der Waals surface area contributed by atoms with Crippen LogP contribution in [0.2, 0.25) is 0 Å². The molecule has 0 spiro atoms. The Balaban J connectivity index is 1.82. The Bertz CT molecular complexity index is 648. The van der Waals surface area contributed by atoms with E-state index in [4.69, 9.17) is 0 Å². The molecule has 2 heterocycles. The highest BCUT2D eigenvalue weighted by atomic mass is 32.1. The van der Waals surface area contributed by atoms with E-state index in [1.54, 1.807) is 11.3 Å². The number of tetrazole rings is 1. The minimum Gasteiger partial charge on any atom is -0.377 e. The van der Waals surface area contributed by atoms with E-state index < -0.39 is 0 Å². The predicted octanol–water partition coefficient (Wildman–Crippen LogP) is 3.49. The SMILES string of the molecule is CCC(Nc1cccc(-c2nn[nH]n2)c1)c1cccs1. The van der Waals surface area contributed by atoms with E-state index in [9.17, 15) is 0 Å². The molecule has 0 fully saturated rings. The quantitative estimate of drug-likeness (QED) is 0.753. The van der Waals surface area contributed by atoms with E-state index >= 15 is 0 Å². The molecule has 0 aliphatic rings. The van der Waals surface area contributed by atoms with Gasteiger partial charge in [-0.3, -0.25) is 0 Å². The first-order valence-corrected chi connectivity index (χ1v) is 7.38. The minimum atomic E-state index is 0.329. The Morgan fingerprint density at radius 2 is 2.25 bits per heavy atom. The third kappa shape index (κ3) is 2.70. The highest BCUT2D eigenvalue weighted by Crippen LogP contribution is 2.27. The van der Waals surface area contributed by atoms with E-state index in [0.717, 1.165) is 17.7 Å². The molecule has 0 radical (unpaired) electrons. The molecule has 1 aromatic carbocycles. The number of anilines is 1. The van der Waals surface area contributed by atoms with Crippen molar-refractivity contribution in [1.29, 1.82) is 0 Å². The fourth-order valence-corrected chi connectivity index (χ4v) is 2.96. The second kappa shape index (κ2) is 5.83. The molecule has 0 saturated heterocycles. The van der Waals surface area contributed by atoms with Crippen molar-refractivity contribution in [2.24, 2.45) is 0 Å². The first-order valence-electron chi connectivity index (χ1n) is 6.50. The van der Waals surface area contributed by atoms with Gasteiger partial charge in [0.15, 0.2) is 0 Å². The van der Waals surface area contributed by atoms with E-state index in [1.165, 1.54) is 4.88 Å². The molecule has 3 rings (SSSR count). The second-order valence-corrected chi connectivity index (χ2v) is 5.42. The van der Waals surface area contributed by atoms with E-state index in [2.05, 4.69) is 56.4 Å². The Labute approximate surface area is 121 Å². The van der Waals surface area contributed by atoms with Crippen LogP contribution in [0.1, 0.15) is 24.3 Å². The highest BCUT2D eigenvalue weighted by molar-refractivity contribution is 7.10. The third-order valence-corrected chi connectivity index (χ3v) is 4.09. The third-order valence-electron chi connectivity index (χ3n) is 3.10. The Morgan fingerprint density at radius 3 is 2.95 bits per heavy atom. The largest absolute Gasteiger partial charge is 0.377 e. The summed E-state index contributed by atoms with van der Waals surface area (Å²) in [4.78, 5) is 1.34. The van der Waals surface area contributed by atoms with Crippen molar-refractivity contribution in [3.8, 4) is 11.4 Å². The maximum atomic E-state index is 4.00. The predicted molar refractivity (Wildman–Crippen MR) is 80.6 cm³/mol. The summed E-state index contributed by atoms with van der Waals surface area (Å²) in [5, 5.41) is 19.7. The van der Waals surface area contributed by atoms with Crippen LogP contribution in [0.4, 0.5) is 5.69 Å². The van der Waals surface area contributed by atoms with Crippen molar-refractivity contribution in [3.63, 3.8) is 0 Å². The van der Waals surface area contributed by atoms with E-state index in [-0.39, 0.29) is 0 Å². The van der Waals surface area contributed by atoms with Crippen LogP contribution in [0.5, 0.6) is 0 Å². The zero-order valence-electron chi connectivity index (χ0n) is 11.1. The molecule has 2 N–H and O–H groups in total. The molecular formula is C14H15N5S. The fraction of sp³-hybridized carbons (Fsp3) is 0.214. The van der Waals surface area contributed by atoms with Crippen LogP contribution in [-0.4, -0.2) is 20.6 Å². The van der Waals surface area contributed by atoms with Crippen LogP contribution < -0.4 is 5.32 Å². The van der Waals surface area contributed by atoms with Gasteiger partial charge in [-0.1, -0.05) is 25.1 Å². The molecular weight excluding hydrogens is 270 g/mol. The van der Waals surface area contributed by atoms with Crippen LogP contribution in [0, 0.1) is 0 Å². The zero-order chi connectivity index (χ0) is 13.8. The fourth-order valence-electron chi connectivity index (χ4n) is 2.10. The van der Waals surface area contributed by atoms with Gasteiger partial charge in [0.2, 0.25) is 5.82 Å².